The standard InChI is InChI=1S/C23H25N2O/c1-13(2)19-10-9-18-17-8-7-14(3)21(22(17)26-23(18)24-19)20-11-15(4)16(5)12-25(20)6/h7-13H,1-6H3/q+1. The van der Waals surface area contributed by atoms with Crippen molar-refractivity contribution < 1.29 is 8.98 Å². The molecule has 4 rings (SSSR count). The van der Waals surface area contributed by atoms with E-state index in [0.29, 0.717) is 5.92 Å². The highest BCUT2D eigenvalue weighted by atomic mass is 16.3. The highest BCUT2D eigenvalue weighted by Gasteiger charge is 2.22. The third kappa shape index (κ3) is 2.50. The number of hydrogen-bond acceptors (Lipinski definition) is 2. The number of hydrogen-bond donors (Lipinski definition) is 0. The molecule has 3 nitrogen and oxygen atoms in total. The van der Waals surface area contributed by atoms with Crippen molar-refractivity contribution in [3.8, 4) is 11.3 Å². The molecule has 1 aromatic carbocycles. The zero-order chi connectivity index (χ0) is 18.6. The maximum atomic E-state index is 6.31. The smallest absolute Gasteiger partial charge is 0.227 e. The third-order valence-corrected chi connectivity index (χ3v) is 5.33. The van der Waals surface area contributed by atoms with Crippen LogP contribution >= 0.6 is 0 Å². The Kier molecular flexibility index (Phi) is 3.83. The van der Waals surface area contributed by atoms with Gasteiger partial charge < -0.3 is 4.42 Å². The Balaban J connectivity index is 2.08. The topological polar surface area (TPSA) is 29.9 Å². The Labute approximate surface area is 154 Å². The number of benzene rings is 1. The quantitative estimate of drug-likeness (QED) is 0.448. The monoisotopic (exact) mass is 345 g/mol. The average molecular weight is 345 g/mol. The molecule has 0 saturated carbocycles. The van der Waals surface area contributed by atoms with E-state index in [1.54, 1.807) is 0 Å². The molecule has 0 saturated heterocycles. The highest BCUT2D eigenvalue weighted by Crippen LogP contribution is 2.37. The SMILES string of the molecule is Cc1cc(-c2c(C)ccc3c2oc2nc(C(C)C)ccc23)[n+](C)cc1C. The lowest BCUT2D eigenvalue weighted by atomic mass is 9.99. The molecule has 4 aromatic rings. The Morgan fingerprint density at radius 2 is 1.65 bits per heavy atom. The predicted molar refractivity (Wildman–Crippen MR) is 106 cm³/mol. The number of furan rings is 1. The van der Waals surface area contributed by atoms with Crippen molar-refractivity contribution in [2.45, 2.75) is 40.5 Å². The van der Waals surface area contributed by atoms with Crippen LogP contribution in [0.5, 0.6) is 0 Å². The molecule has 0 aliphatic heterocycles. The highest BCUT2D eigenvalue weighted by molar-refractivity contribution is 6.08. The summed E-state index contributed by atoms with van der Waals surface area (Å²) in [5.41, 5.74) is 8.80. The van der Waals surface area contributed by atoms with Gasteiger partial charge in [0.1, 0.15) is 7.05 Å². The van der Waals surface area contributed by atoms with Crippen molar-refractivity contribution in [3.05, 3.63) is 58.9 Å². The van der Waals surface area contributed by atoms with Crippen LogP contribution < -0.4 is 4.57 Å². The van der Waals surface area contributed by atoms with Gasteiger partial charge >= 0.3 is 0 Å². The number of pyridine rings is 2. The Hall–Kier alpha value is -2.68. The van der Waals surface area contributed by atoms with Crippen LogP contribution in [0.4, 0.5) is 0 Å². The summed E-state index contributed by atoms with van der Waals surface area (Å²) >= 11 is 0. The molecule has 0 unspecified atom stereocenters. The molecule has 0 aliphatic carbocycles. The lowest BCUT2D eigenvalue weighted by Gasteiger charge is -2.07. The minimum atomic E-state index is 0.381. The zero-order valence-corrected chi connectivity index (χ0v) is 16.3. The van der Waals surface area contributed by atoms with E-state index in [4.69, 9.17) is 9.40 Å². The maximum Gasteiger partial charge on any atom is 0.227 e. The van der Waals surface area contributed by atoms with Crippen LogP contribution in [0, 0.1) is 20.8 Å². The maximum absolute atomic E-state index is 6.31. The van der Waals surface area contributed by atoms with Gasteiger partial charge in [0.2, 0.25) is 11.4 Å². The van der Waals surface area contributed by atoms with Crippen molar-refractivity contribution in [2.75, 3.05) is 0 Å². The molecular weight excluding hydrogens is 320 g/mol. The van der Waals surface area contributed by atoms with Gasteiger partial charge in [0.25, 0.3) is 0 Å². The summed E-state index contributed by atoms with van der Waals surface area (Å²) in [5.74, 6) is 0.381. The second-order valence-corrected chi connectivity index (χ2v) is 7.62. The molecule has 0 bridgehead atoms. The molecule has 0 fully saturated rings. The normalized spacial score (nSPS) is 11.8. The van der Waals surface area contributed by atoms with Gasteiger partial charge in [-0.1, -0.05) is 26.0 Å². The lowest BCUT2D eigenvalue weighted by molar-refractivity contribution is -0.660. The van der Waals surface area contributed by atoms with E-state index in [2.05, 4.69) is 82.8 Å². The Bertz CT molecular complexity index is 1150. The molecule has 0 amide bonds. The van der Waals surface area contributed by atoms with Crippen LogP contribution in [0.2, 0.25) is 0 Å². The molecule has 0 spiro atoms. The van der Waals surface area contributed by atoms with Crippen LogP contribution in [0.1, 0.15) is 42.1 Å². The van der Waals surface area contributed by atoms with E-state index in [-0.39, 0.29) is 0 Å². The predicted octanol–water partition coefficient (Wildman–Crippen LogP) is 5.52. The fourth-order valence-corrected chi connectivity index (χ4v) is 3.60. The fourth-order valence-electron chi connectivity index (χ4n) is 3.60. The molecule has 3 heteroatoms. The summed E-state index contributed by atoms with van der Waals surface area (Å²) in [6.07, 6.45) is 2.18. The molecule has 0 radical (unpaired) electrons. The number of nitrogens with zero attached hydrogens (tertiary/aromatic N) is 2. The summed E-state index contributed by atoms with van der Waals surface area (Å²) in [5, 5.41) is 2.21. The first-order valence-corrected chi connectivity index (χ1v) is 9.17. The molecule has 3 heterocycles. The third-order valence-electron chi connectivity index (χ3n) is 5.33. The van der Waals surface area contributed by atoms with Crippen LogP contribution in [-0.4, -0.2) is 4.98 Å². The van der Waals surface area contributed by atoms with E-state index in [1.165, 1.54) is 22.4 Å². The number of rotatable bonds is 2. The van der Waals surface area contributed by atoms with Gasteiger partial charge in [-0.2, -0.15) is 0 Å². The average Bonchev–Trinajstić information content (AvgIpc) is 2.96. The summed E-state index contributed by atoms with van der Waals surface area (Å²) in [4.78, 5) is 4.76. The molecule has 0 atom stereocenters. The van der Waals surface area contributed by atoms with Crippen molar-refractivity contribution in [1.29, 1.82) is 0 Å². The van der Waals surface area contributed by atoms with Crippen molar-refractivity contribution >= 4 is 22.1 Å². The molecule has 3 aromatic heterocycles. The van der Waals surface area contributed by atoms with Gasteiger partial charge in [-0.05, 0) is 49.9 Å². The summed E-state index contributed by atoms with van der Waals surface area (Å²) in [7, 11) is 2.10. The minimum absolute atomic E-state index is 0.381. The van der Waals surface area contributed by atoms with E-state index in [1.807, 2.05) is 0 Å². The minimum Gasteiger partial charge on any atom is -0.437 e. The number of aromatic nitrogens is 2. The second kappa shape index (κ2) is 5.94. The van der Waals surface area contributed by atoms with Gasteiger partial charge in [-0.25, -0.2) is 9.55 Å². The second-order valence-electron chi connectivity index (χ2n) is 7.62. The van der Waals surface area contributed by atoms with Crippen molar-refractivity contribution in [2.24, 2.45) is 7.05 Å². The van der Waals surface area contributed by atoms with Crippen molar-refractivity contribution in [3.63, 3.8) is 0 Å². The van der Waals surface area contributed by atoms with Gasteiger partial charge in [0, 0.05) is 28.1 Å². The Morgan fingerprint density at radius 1 is 0.923 bits per heavy atom. The van der Waals surface area contributed by atoms with Crippen LogP contribution in [0.25, 0.3) is 33.3 Å². The fraction of sp³-hybridized carbons (Fsp3) is 0.304. The Morgan fingerprint density at radius 3 is 2.38 bits per heavy atom. The van der Waals surface area contributed by atoms with E-state index in [0.717, 1.165) is 33.3 Å². The first-order valence-electron chi connectivity index (χ1n) is 9.17. The molecule has 0 aliphatic rings. The van der Waals surface area contributed by atoms with Crippen molar-refractivity contribution in [1.82, 2.24) is 4.98 Å². The molecule has 0 N–H and O–H groups in total. The lowest BCUT2D eigenvalue weighted by Crippen LogP contribution is -2.31. The molecular formula is C23H25N2O+. The molecule has 26 heavy (non-hydrogen) atoms. The van der Waals surface area contributed by atoms with Gasteiger partial charge in [0.05, 0.1) is 5.56 Å². The summed E-state index contributed by atoms with van der Waals surface area (Å²) in [6.45, 7) is 10.8. The first-order chi connectivity index (χ1) is 12.4. The number of aryl methyl sites for hydroxylation is 4. The summed E-state index contributed by atoms with van der Waals surface area (Å²) < 4.78 is 8.50. The van der Waals surface area contributed by atoms with E-state index < -0.39 is 0 Å². The molecule has 132 valence electrons. The van der Waals surface area contributed by atoms with Crippen LogP contribution in [0.15, 0.2) is 40.9 Å². The van der Waals surface area contributed by atoms with Gasteiger partial charge in [-0.3, -0.25) is 0 Å². The van der Waals surface area contributed by atoms with Gasteiger partial charge in [-0.15, -0.1) is 0 Å². The largest absolute Gasteiger partial charge is 0.437 e. The van der Waals surface area contributed by atoms with Gasteiger partial charge in [0.15, 0.2) is 11.8 Å². The first kappa shape index (κ1) is 16.8. The van der Waals surface area contributed by atoms with Crippen LogP contribution in [0.3, 0.4) is 0 Å². The van der Waals surface area contributed by atoms with E-state index >= 15 is 0 Å². The van der Waals surface area contributed by atoms with E-state index in [9.17, 15) is 0 Å². The van der Waals surface area contributed by atoms with Crippen LogP contribution in [-0.2, 0) is 7.05 Å². The zero-order valence-electron chi connectivity index (χ0n) is 16.3. The number of fused-ring (bicyclic) bond motifs is 3. The summed E-state index contributed by atoms with van der Waals surface area (Å²) in [6, 6.07) is 10.8.